The van der Waals surface area contributed by atoms with Crippen molar-refractivity contribution in [3.63, 3.8) is 0 Å². The van der Waals surface area contributed by atoms with Crippen LogP contribution < -0.4 is 5.32 Å². The summed E-state index contributed by atoms with van der Waals surface area (Å²) in [5.41, 5.74) is 2.82. The maximum absolute atomic E-state index is 12.7. The van der Waals surface area contributed by atoms with Gasteiger partial charge in [0.05, 0.1) is 4.91 Å². The van der Waals surface area contributed by atoms with Crippen LogP contribution in [-0.4, -0.2) is 27.6 Å². The number of aryl methyl sites for hydroxylation is 1. The van der Waals surface area contributed by atoms with Crippen LogP contribution in [0.25, 0.3) is 6.08 Å². The van der Waals surface area contributed by atoms with Gasteiger partial charge in [0.25, 0.3) is 5.91 Å². The first kappa shape index (κ1) is 20.8. The Bertz CT molecular complexity index is 959. The molecule has 0 saturated carbocycles. The fraction of sp³-hybridized carbons (Fsp3) is 0.190. The SMILES string of the molecule is CCc1ccccc1NC(=O)CCN1C(=O)/C(=C/c2cccc(Br)c2)SC1=S. The van der Waals surface area contributed by atoms with Gasteiger partial charge in [-0.25, -0.2) is 0 Å². The first-order valence-corrected chi connectivity index (χ1v) is 10.9. The van der Waals surface area contributed by atoms with Gasteiger partial charge in [0.2, 0.25) is 5.91 Å². The molecular weight excluding hydrogens is 456 g/mol. The number of para-hydroxylation sites is 1. The van der Waals surface area contributed by atoms with Crippen molar-refractivity contribution in [2.75, 3.05) is 11.9 Å². The van der Waals surface area contributed by atoms with Gasteiger partial charge in [-0.1, -0.05) is 77.2 Å². The lowest BCUT2D eigenvalue weighted by atomic mass is 10.1. The molecule has 7 heteroatoms. The van der Waals surface area contributed by atoms with Crippen LogP contribution in [0.1, 0.15) is 24.5 Å². The van der Waals surface area contributed by atoms with Crippen molar-refractivity contribution >= 4 is 67.8 Å². The molecule has 0 spiro atoms. The molecular formula is C21H19BrN2O2S2. The Morgan fingerprint density at radius 2 is 2.04 bits per heavy atom. The molecule has 3 rings (SSSR count). The zero-order valence-electron chi connectivity index (χ0n) is 15.3. The average Bonchev–Trinajstić information content (AvgIpc) is 2.93. The van der Waals surface area contributed by atoms with Crippen LogP contribution in [0.4, 0.5) is 5.69 Å². The molecule has 0 radical (unpaired) electrons. The highest BCUT2D eigenvalue weighted by molar-refractivity contribution is 9.10. The second-order valence-corrected chi connectivity index (χ2v) is 8.79. The van der Waals surface area contributed by atoms with Crippen molar-refractivity contribution < 1.29 is 9.59 Å². The second kappa shape index (κ2) is 9.49. The van der Waals surface area contributed by atoms with E-state index in [1.54, 1.807) is 0 Å². The van der Waals surface area contributed by atoms with Crippen LogP contribution in [0.2, 0.25) is 0 Å². The van der Waals surface area contributed by atoms with Crippen LogP contribution in [-0.2, 0) is 16.0 Å². The summed E-state index contributed by atoms with van der Waals surface area (Å²) in [5, 5.41) is 2.93. The number of anilines is 1. The smallest absolute Gasteiger partial charge is 0.266 e. The Labute approximate surface area is 182 Å². The second-order valence-electron chi connectivity index (χ2n) is 6.20. The number of carbonyl (C=O) groups is 2. The van der Waals surface area contributed by atoms with Crippen LogP contribution in [0, 0.1) is 0 Å². The van der Waals surface area contributed by atoms with E-state index in [2.05, 4.69) is 21.2 Å². The maximum Gasteiger partial charge on any atom is 0.266 e. The van der Waals surface area contributed by atoms with Crippen molar-refractivity contribution in [1.82, 2.24) is 4.90 Å². The molecule has 144 valence electrons. The highest BCUT2D eigenvalue weighted by Gasteiger charge is 2.32. The minimum Gasteiger partial charge on any atom is -0.326 e. The number of hydrogen-bond donors (Lipinski definition) is 1. The number of nitrogens with one attached hydrogen (secondary N) is 1. The van der Waals surface area contributed by atoms with Gasteiger partial charge in [-0.05, 0) is 41.8 Å². The van der Waals surface area contributed by atoms with E-state index >= 15 is 0 Å². The molecule has 2 aromatic carbocycles. The number of thiocarbonyl (C=S) groups is 1. The minimum atomic E-state index is -0.156. The largest absolute Gasteiger partial charge is 0.326 e. The van der Waals surface area contributed by atoms with Crippen LogP contribution in [0.5, 0.6) is 0 Å². The summed E-state index contributed by atoms with van der Waals surface area (Å²) in [5.74, 6) is -0.289. The fourth-order valence-corrected chi connectivity index (χ4v) is 4.54. The minimum absolute atomic E-state index is 0.133. The first-order valence-electron chi connectivity index (χ1n) is 8.86. The molecule has 0 aliphatic carbocycles. The van der Waals surface area contributed by atoms with Gasteiger partial charge in [-0.3, -0.25) is 14.5 Å². The standard InChI is InChI=1S/C21H19BrN2O2S2/c1-2-15-7-3-4-9-17(15)23-19(25)10-11-24-20(26)18(28-21(24)27)13-14-6-5-8-16(22)12-14/h3-9,12-13H,2,10-11H2,1H3,(H,23,25)/b18-13-. The third-order valence-corrected chi connectivity index (χ3v) is 6.13. The van der Waals surface area contributed by atoms with Gasteiger partial charge in [-0.15, -0.1) is 0 Å². The van der Waals surface area contributed by atoms with Gasteiger partial charge in [0, 0.05) is 23.1 Å². The average molecular weight is 475 g/mol. The summed E-state index contributed by atoms with van der Waals surface area (Å²) in [6, 6.07) is 15.4. The van der Waals surface area contributed by atoms with Gasteiger partial charge in [-0.2, -0.15) is 0 Å². The predicted octanol–water partition coefficient (Wildman–Crippen LogP) is 5.24. The molecule has 1 aliphatic heterocycles. The van der Waals surface area contributed by atoms with Gasteiger partial charge < -0.3 is 5.32 Å². The van der Waals surface area contributed by atoms with Gasteiger partial charge >= 0.3 is 0 Å². The number of carbonyl (C=O) groups excluding carboxylic acids is 2. The lowest BCUT2D eigenvalue weighted by molar-refractivity contribution is -0.122. The van der Waals surface area contributed by atoms with Crippen LogP contribution >= 0.6 is 39.9 Å². The highest BCUT2D eigenvalue weighted by atomic mass is 79.9. The predicted molar refractivity (Wildman–Crippen MR) is 123 cm³/mol. The quantitative estimate of drug-likeness (QED) is 0.459. The summed E-state index contributed by atoms with van der Waals surface area (Å²) in [6.07, 6.45) is 2.85. The third-order valence-electron chi connectivity index (χ3n) is 4.25. The Morgan fingerprint density at radius 3 is 2.79 bits per heavy atom. The zero-order valence-corrected chi connectivity index (χ0v) is 18.5. The Balaban J connectivity index is 1.62. The van der Waals surface area contributed by atoms with Crippen molar-refractivity contribution in [2.45, 2.75) is 19.8 Å². The van der Waals surface area contributed by atoms with Gasteiger partial charge in [0.1, 0.15) is 4.32 Å². The Hall–Kier alpha value is -1.96. The molecule has 4 nitrogen and oxygen atoms in total. The summed E-state index contributed by atoms with van der Waals surface area (Å²) < 4.78 is 1.42. The third kappa shape index (κ3) is 5.10. The molecule has 2 aromatic rings. The number of hydrogen-bond acceptors (Lipinski definition) is 4. The lowest BCUT2D eigenvalue weighted by Gasteiger charge is -2.15. The number of benzene rings is 2. The van der Waals surface area contributed by atoms with Gasteiger partial charge in [0.15, 0.2) is 0 Å². The summed E-state index contributed by atoms with van der Waals surface area (Å²) in [6.45, 7) is 2.31. The summed E-state index contributed by atoms with van der Waals surface area (Å²) in [4.78, 5) is 27.1. The normalized spacial score (nSPS) is 15.4. The van der Waals surface area contributed by atoms with E-state index in [1.807, 2.05) is 61.5 Å². The molecule has 1 N–H and O–H groups in total. The maximum atomic E-state index is 12.7. The number of halogens is 1. The molecule has 28 heavy (non-hydrogen) atoms. The first-order chi connectivity index (χ1) is 13.5. The van der Waals surface area contributed by atoms with E-state index in [9.17, 15) is 9.59 Å². The fourth-order valence-electron chi connectivity index (χ4n) is 2.82. The molecule has 1 saturated heterocycles. The molecule has 1 aliphatic rings. The lowest BCUT2D eigenvalue weighted by Crippen LogP contribution is -2.31. The van der Waals surface area contributed by atoms with Crippen LogP contribution in [0.15, 0.2) is 57.9 Å². The van der Waals surface area contributed by atoms with Crippen molar-refractivity contribution in [1.29, 1.82) is 0 Å². The van der Waals surface area contributed by atoms with E-state index in [0.29, 0.717) is 9.23 Å². The number of thioether (sulfide) groups is 1. The van der Waals surface area contributed by atoms with E-state index in [-0.39, 0.29) is 24.8 Å². The van der Waals surface area contributed by atoms with E-state index in [0.717, 1.165) is 27.7 Å². The summed E-state index contributed by atoms with van der Waals surface area (Å²) >= 11 is 10.0. The molecule has 1 fully saturated rings. The molecule has 0 atom stereocenters. The molecule has 2 amide bonds. The van der Waals surface area contributed by atoms with E-state index in [4.69, 9.17) is 12.2 Å². The topological polar surface area (TPSA) is 49.4 Å². The Morgan fingerprint density at radius 1 is 1.25 bits per heavy atom. The zero-order chi connectivity index (χ0) is 20.1. The molecule has 0 bridgehead atoms. The van der Waals surface area contributed by atoms with Crippen molar-refractivity contribution in [2.24, 2.45) is 0 Å². The van der Waals surface area contributed by atoms with E-state index < -0.39 is 0 Å². The Kier molecular flexibility index (Phi) is 7.04. The number of amides is 2. The van der Waals surface area contributed by atoms with Crippen molar-refractivity contribution in [3.05, 3.63) is 69.0 Å². The summed E-state index contributed by atoms with van der Waals surface area (Å²) in [7, 11) is 0. The van der Waals surface area contributed by atoms with Crippen LogP contribution in [0.3, 0.4) is 0 Å². The molecule has 0 aromatic heterocycles. The number of rotatable bonds is 6. The number of nitrogens with zero attached hydrogens (tertiary/aromatic N) is 1. The molecule has 1 heterocycles. The van der Waals surface area contributed by atoms with E-state index in [1.165, 1.54) is 16.7 Å². The molecule has 0 unspecified atom stereocenters. The monoisotopic (exact) mass is 474 g/mol. The van der Waals surface area contributed by atoms with Crippen molar-refractivity contribution in [3.8, 4) is 0 Å². The highest BCUT2D eigenvalue weighted by Crippen LogP contribution is 2.33.